The summed E-state index contributed by atoms with van der Waals surface area (Å²) in [7, 11) is 1.74. The van der Waals surface area contributed by atoms with Crippen molar-refractivity contribution < 1.29 is 9.59 Å². The number of piperazine rings is 1. The van der Waals surface area contributed by atoms with Crippen LogP contribution >= 0.6 is 0 Å². The Hall–Kier alpha value is -3.14. The van der Waals surface area contributed by atoms with Gasteiger partial charge in [0.2, 0.25) is 0 Å². The average molecular weight is 437 g/mol. The Morgan fingerprint density at radius 1 is 1.28 bits per heavy atom. The first-order chi connectivity index (χ1) is 15.4. The zero-order chi connectivity index (χ0) is 22.2. The zero-order valence-electron chi connectivity index (χ0n) is 18.6. The number of anilines is 1. The predicted octanol–water partition coefficient (Wildman–Crippen LogP) is 1.57. The number of fused-ring (bicyclic) bond motifs is 3. The van der Waals surface area contributed by atoms with Gasteiger partial charge in [-0.1, -0.05) is 0 Å². The molecular weight excluding hydrogens is 408 g/mol. The SMILES string of the molecule is Cc1cc(C(=O)Nc2n[nH]c3c2CN(C(=O)N2C[C@@H]4CCCN4C[C@@H]2C)C32C=C2)n(C)n1. The minimum Gasteiger partial charge on any atom is -0.319 e. The summed E-state index contributed by atoms with van der Waals surface area (Å²) >= 11 is 0. The van der Waals surface area contributed by atoms with E-state index in [0.29, 0.717) is 24.1 Å². The predicted molar refractivity (Wildman–Crippen MR) is 117 cm³/mol. The first-order valence-electron chi connectivity index (χ1n) is 11.3. The Labute approximate surface area is 186 Å². The molecule has 32 heavy (non-hydrogen) atoms. The molecule has 1 spiro atoms. The molecule has 3 aliphatic heterocycles. The molecule has 4 aliphatic rings. The van der Waals surface area contributed by atoms with Gasteiger partial charge in [-0.05, 0) is 51.5 Å². The lowest BCUT2D eigenvalue weighted by Crippen LogP contribution is -2.60. The van der Waals surface area contributed by atoms with Crippen molar-refractivity contribution in [3.8, 4) is 0 Å². The third-order valence-corrected chi connectivity index (χ3v) is 7.39. The number of amides is 3. The fourth-order valence-electron chi connectivity index (χ4n) is 5.63. The summed E-state index contributed by atoms with van der Waals surface area (Å²) in [5, 5.41) is 14.6. The van der Waals surface area contributed by atoms with E-state index < -0.39 is 5.54 Å². The molecule has 0 aromatic carbocycles. The number of nitrogens with zero attached hydrogens (tertiary/aromatic N) is 6. The van der Waals surface area contributed by atoms with Gasteiger partial charge < -0.3 is 15.1 Å². The third-order valence-electron chi connectivity index (χ3n) is 7.39. The number of aryl methyl sites for hydroxylation is 2. The zero-order valence-corrected chi connectivity index (χ0v) is 18.6. The first-order valence-corrected chi connectivity index (χ1v) is 11.3. The van der Waals surface area contributed by atoms with E-state index in [2.05, 4.69) is 32.4 Å². The van der Waals surface area contributed by atoms with Crippen molar-refractivity contribution in [2.24, 2.45) is 7.05 Å². The topological polar surface area (TPSA) is 102 Å². The smallest absolute Gasteiger partial charge is 0.319 e. The molecule has 2 saturated heterocycles. The van der Waals surface area contributed by atoms with Gasteiger partial charge >= 0.3 is 6.03 Å². The van der Waals surface area contributed by atoms with Crippen LogP contribution in [0.25, 0.3) is 0 Å². The minimum absolute atomic E-state index is 0.0539. The molecule has 10 heteroatoms. The second-order valence-electron chi connectivity index (χ2n) is 9.49. The molecule has 5 heterocycles. The van der Waals surface area contributed by atoms with Gasteiger partial charge in [0.05, 0.1) is 17.9 Å². The van der Waals surface area contributed by atoms with E-state index in [4.69, 9.17) is 0 Å². The van der Waals surface area contributed by atoms with Crippen molar-refractivity contribution in [2.45, 2.75) is 50.9 Å². The molecule has 2 atom stereocenters. The molecule has 3 amide bonds. The maximum absolute atomic E-state index is 13.7. The van der Waals surface area contributed by atoms with E-state index in [-0.39, 0.29) is 18.0 Å². The van der Waals surface area contributed by atoms with Crippen molar-refractivity contribution in [3.63, 3.8) is 0 Å². The quantitative estimate of drug-likeness (QED) is 0.696. The fourth-order valence-corrected chi connectivity index (χ4v) is 5.63. The van der Waals surface area contributed by atoms with Crippen molar-refractivity contribution in [1.82, 2.24) is 34.7 Å². The van der Waals surface area contributed by atoms with E-state index in [1.807, 2.05) is 28.9 Å². The van der Waals surface area contributed by atoms with Crippen LogP contribution < -0.4 is 5.32 Å². The standard InChI is InChI=1S/C22H28N8O2/c1-13-9-17(27(3)26-13)20(31)23-19-16-12-30(22(6-7-22)18(16)24-25-19)21(32)29-11-15-5-4-8-28(15)10-14(29)2/h6-7,9,14-15H,4-5,8,10-12H2,1-3H3,(H2,23,24,25,31)/t14-,15-/m0/s1. The van der Waals surface area contributed by atoms with Crippen LogP contribution in [-0.4, -0.2) is 78.3 Å². The highest BCUT2D eigenvalue weighted by Crippen LogP contribution is 2.51. The van der Waals surface area contributed by atoms with Crippen molar-refractivity contribution in [1.29, 1.82) is 0 Å². The molecule has 168 valence electrons. The van der Waals surface area contributed by atoms with Crippen LogP contribution in [0, 0.1) is 6.92 Å². The summed E-state index contributed by atoms with van der Waals surface area (Å²) in [5.74, 6) is 0.205. The molecule has 2 aromatic rings. The Morgan fingerprint density at radius 2 is 2.09 bits per heavy atom. The van der Waals surface area contributed by atoms with Gasteiger partial charge in [-0.3, -0.25) is 19.5 Å². The lowest BCUT2D eigenvalue weighted by atomic mass is 10.1. The van der Waals surface area contributed by atoms with Crippen LogP contribution in [0.4, 0.5) is 10.6 Å². The number of nitrogens with one attached hydrogen (secondary N) is 2. The van der Waals surface area contributed by atoms with Crippen LogP contribution in [0.3, 0.4) is 0 Å². The number of urea groups is 1. The number of aromatic amines is 1. The lowest BCUT2D eigenvalue weighted by molar-refractivity contribution is 0.0565. The van der Waals surface area contributed by atoms with E-state index >= 15 is 0 Å². The molecular formula is C22H28N8O2. The van der Waals surface area contributed by atoms with E-state index in [1.165, 1.54) is 6.42 Å². The molecule has 0 bridgehead atoms. The Morgan fingerprint density at radius 3 is 2.81 bits per heavy atom. The van der Waals surface area contributed by atoms with Crippen LogP contribution in [0.5, 0.6) is 0 Å². The number of rotatable bonds is 2. The molecule has 0 radical (unpaired) electrons. The largest absolute Gasteiger partial charge is 0.321 e. The maximum Gasteiger partial charge on any atom is 0.321 e. The summed E-state index contributed by atoms with van der Waals surface area (Å²) in [6.45, 7) is 7.25. The number of H-pyrrole nitrogens is 1. The molecule has 1 aliphatic carbocycles. The maximum atomic E-state index is 13.7. The number of carbonyl (C=O) groups excluding carboxylic acids is 2. The molecule has 0 unspecified atom stereocenters. The van der Waals surface area contributed by atoms with Gasteiger partial charge in [0, 0.05) is 37.8 Å². The van der Waals surface area contributed by atoms with E-state index in [0.717, 1.165) is 43.0 Å². The number of aromatic nitrogens is 4. The monoisotopic (exact) mass is 436 g/mol. The van der Waals surface area contributed by atoms with E-state index in [9.17, 15) is 9.59 Å². The van der Waals surface area contributed by atoms with Gasteiger partial charge in [0.1, 0.15) is 11.2 Å². The van der Waals surface area contributed by atoms with Crippen molar-refractivity contribution in [3.05, 3.63) is 40.9 Å². The molecule has 10 nitrogen and oxygen atoms in total. The van der Waals surface area contributed by atoms with Crippen LogP contribution in [-0.2, 0) is 19.1 Å². The Kier molecular flexibility index (Phi) is 4.08. The van der Waals surface area contributed by atoms with Crippen LogP contribution in [0.15, 0.2) is 18.2 Å². The van der Waals surface area contributed by atoms with Gasteiger partial charge in [-0.2, -0.15) is 10.2 Å². The third kappa shape index (κ3) is 2.75. The molecule has 6 rings (SSSR count). The van der Waals surface area contributed by atoms with Gasteiger partial charge in [-0.25, -0.2) is 4.79 Å². The molecule has 2 fully saturated rings. The fraction of sp³-hybridized carbons (Fsp3) is 0.545. The summed E-state index contributed by atoms with van der Waals surface area (Å²) in [4.78, 5) is 32.9. The average Bonchev–Trinajstić information content (AvgIpc) is 3.04. The normalized spacial score (nSPS) is 25.3. The Balaban J connectivity index is 1.23. The number of hydrogen-bond acceptors (Lipinski definition) is 5. The minimum atomic E-state index is -0.544. The second-order valence-corrected chi connectivity index (χ2v) is 9.49. The number of hydrogen-bond donors (Lipinski definition) is 2. The highest BCUT2D eigenvalue weighted by molar-refractivity contribution is 6.03. The second kappa shape index (κ2) is 6.68. The summed E-state index contributed by atoms with van der Waals surface area (Å²) < 4.78 is 1.56. The van der Waals surface area contributed by atoms with E-state index in [1.54, 1.807) is 17.8 Å². The highest BCUT2D eigenvalue weighted by atomic mass is 16.2. The van der Waals surface area contributed by atoms with Gasteiger partial charge in [-0.15, -0.1) is 0 Å². The van der Waals surface area contributed by atoms with Crippen LogP contribution in [0.2, 0.25) is 0 Å². The number of carbonyl (C=O) groups is 2. The first kappa shape index (κ1) is 19.5. The van der Waals surface area contributed by atoms with Crippen LogP contribution in [0.1, 0.15) is 47.2 Å². The summed E-state index contributed by atoms with van der Waals surface area (Å²) in [6.07, 6.45) is 6.43. The van der Waals surface area contributed by atoms with Gasteiger partial charge in [0.15, 0.2) is 5.82 Å². The highest BCUT2D eigenvalue weighted by Gasteiger charge is 2.55. The molecule has 0 saturated carbocycles. The Bertz CT molecular complexity index is 1140. The van der Waals surface area contributed by atoms with Crippen molar-refractivity contribution in [2.75, 3.05) is 25.0 Å². The summed E-state index contributed by atoms with van der Waals surface area (Å²) in [6, 6.07) is 2.44. The summed E-state index contributed by atoms with van der Waals surface area (Å²) in [5.41, 5.74) is 2.43. The van der Waals surface area contributed by atoms with Gasteiger partial charge in [0.25, 0.3) is 5.91 Å². The van der Waals surface area contributed by atoms with Crippen molar-refractivity contribution >= 4 is 17.8 Å². The molecule has 2 aromatic heterocycles. The lowest BCUT2D eigenvalue weighted by Gasteiger charge is -2.44. The molecule has 2 N–H and O–H groups in total.